The molecule has 62 valence electrons. The lowest BCUT2D eigenvalue weighted by molar-refractivity contribution is 0.639. The lowest BCUT2D eigenvalue weighted by Gasteiger charge is -1.93. The Morgan fingerprint density at radius 2 is 2.08 bits per heavy atom. The minimum atomic E-state index is -0.568. The van der Waals surface area contributed by atoms with Crippen molar-refractivity contribution in [3.8, 4) is 0 Å². The van der Waals surface area contributed by atoms with Crippen LogP contribution in [0.25, 0.3) is 10.9 Å². The first kappa shape index (κ1) is 6.90. The Morgan fingerprint density at radius 3 is 2.75 bits per heavy atom. The summed E-state index contributed by atoms with van der Waals surface area (Å²) < 4.78 is 13.0. The predicted octanol–water partition coefficient (Wildman–Crippen LogP) is 0.578. The van der Waals surface area contributed by atoms with Crippen molar-refractivity contribution < 1.29 is 4.39 Å². The van der Waals surface area contributed by atoms with Crippen LogP contribution in [0.1, 0.15) is 0 Å². The van der Waals surface area contributed by atoms with Crippen LogP contribution in [-0.4, -0.2) is 10.2 Å². The zero-order valence-electron chi connectivity index (χ0n) is 6.02. The van der Waals surface area contributed by atoms with Crippen LogP contribution in [0.15, 0.2) is 16.9 Å². The summed E-state index contributed by atoms with van der Waals surface area (Å²) in [4.78, 5) is 11.0. The number of H-pyrrole nitrogens is 2. The molecule has 5 heteroatoms. The smallest absolute Gasteiger partial charge is 0.274 e. The fourth-order valence-corrected chi connectivity index (χ4v) is 1.13. The molecular weight excluding hydrogens is 161 g/mol. The van der Waals surface area contributed by atoms with Gasteiger partial charge in [-0.2, -0.15) is 0 Å². The summed E-state index contributed by atoms with van der Waals surface area (Å²) in [6, 6.07) is 2.57. The highest BCUT2D eigenvalue weighted by Gasteiger charge is 2.08. The van der Waals surface area contributed by atoms with Crippen molar-refractivity contribution >= 4 is 16.6 Å². The van der Waals surface area contributed by atoms with E-state index in [9.17, 15) is 9.18 Å². The van der Waals surface area contributed by atoms with Crippen LogP contribution in [0, 0.1) is 5.82 Å². The number of aromatic amines is 2. The molecule has 12 heavy (non-hydrogen) atoms. The Kier molecular flexibility index (Phi) is 1.21. The molecule has 0 saturated carbocycles. The second-order valence-electron chi connectivity index (χ2n) is 2.47. The Morgan fingerprint density at radius 1 is 1.33 bits per heavy atom. The van der Waals surface area contributed by atoms with Crippen molar-refractivity contribution in [2.75, 3.05) is 5.73 Å². The third-order valence-electron chi connectivity index (χ3n) is 1.71. The number of hydrogen-bond donors (Lipinski definition) is 3. The number of nitrogens with one attached hydrogen (secondary N) is 2. The predicted molar refractivity (Wildman–Crippen MR) is 43.3 cm³/mol. The first-order valence-corrected chi connectivity index (χ1v) is 3.34. The van der Waals surface area contributed by atoms with E-state index in [-0.39, 0.29) is 5.39 Å². The maximum atomic E-state index is 13.0. The molecule has 0 aliphatic carbocycles. The molecule has 0 spiro atoms. The zero-order valence-corrected chi connectivity index (χ0v) is 6.02. The van der Waals surface area contributed by atoms with Crippen LogP contribution in [0.5, 0.6) is 0 Å². The summed E-state index contributed by atoms with van der Waals surface area (Å²) in [5.41, 5.74) is 5.66. The molecule has 4 N–H and O–H groups in total. The molecule has 0 unspecified atom stereocenters. The van der Waals surface area contributed by atoms with Crippen LogP contribution < -0.4 is 11.3 Å². The molecule has 0 amide bonds. The number of hydrogen-bond acceptors (Lipinski definition) is 2. The molecule has 0 aliphatic heterocycles. The second-order valence-corrected chi connectivity index (χ2v) is 2.47. The third-order valence-corrected chi connectivity index (χ3v) is 1.71. The molecule has 0 fully saturated rings. The van der Waals surface area contributed by atoms with Gasteiger partial charge in [0.1, 0.15) is 11.2 Å². The van der Waals surface area contributed by atoms with Gasteiger partial charge in [0.15, 0.2) is 0 Å². The van der Waals surface area contributed by atoms with Gasteiger partial charge in [-0.05, 0) is 12.1 Å². The maximum Gasteiger partial charge on any atom is 0.274 e. The van der Waals surface area contributed by atoms with Crippen LogP contribution in [0.4, 0.5) is 10.1 Å². The normalized spacial score (nSPS) is 10.8. The SMILES string of the molecule is Nc1ccc(F)c2c(=O)[nH][nH]c12. The monoisotopic (exact) mass is 167 g/mol. The van der Waals surface area contributed by atoms with Crippen LogP contribution in [-0.2, 0) is 0 Å². The van der Waals surface area contributed by atoms with E-state index in [0.29, 0.717) is 11.2 Å². The van der Waals surface area contributed by atoms with Gasteiger partial charge in [-0.1, -0.05) is 0 Å². The maximum absolute atomic E-state index is 13.0. The van der Waals surface area contributed by atoms with Gasteiger partial charge in [0.2, 0.25) is 0 Å². The molecular formula is C7H6FN3O. The topological polar surface area (TPSA) is 74.7 Å². The fraction of sp³-hybridized carbons (Fsp3) is 0. The standard InChI is InChI=1S/C7H6FN3O/c8-3-1-2-4(9)6-5(3)7(12)11-10-6/h1-2H,9H2,(H2,10,11,12). The summed E-state index contributed by atoms with van der Waals surface area (Å²) in [5, 5.41) is 4.73. The first-order chi connectivity index (χ1) is 5.70. The van der Waals surface area contributed by atoms with E-state index >= 15 is 0 Å². The molecule has 0 atom stereocenters. The lowest BCUT2D eigenvalue weighted by Crippen LogP contribution is -1.99. The van der Waals surface area contributed by atoms with E-state index in [4.69, 9.17) is 5.73 Å². The second kappa shape index (κ2) is 2.10. The number of rotatable bonds is 0. The highest BCUT2D eigenvalue weighted by atomic mass is 19.1. The Balaban J connectivity index is 3.09. The van der Waals surface area contributed by atoms with Crippen molar-refractivity contribution in [1.82, 2.24) is 10.2 Å². The fourth-order valence-electron chi connectivity index (χ4n) is 1.13. The average molecular weight is 167 g/mol. The van der Waals surface area contributed by atoms with Crippen LogP contribution in [0.3, 0.4) is 0 Å². The molecule has 1 aromatic carbocycles. The molecule has 2 aromatic rings. The molecule has 1 aromatic heterocycles. The van der Waals surface area contributed by atoms with Gasteiger partial charge in [-0.25, -0.2) is 4.39 Å². The molecule has 0 aliphatic rings. The zero-order chi connectivity index (χ0) is 8.72. The van der Waals surface area contributed by atoms with Gasteiger partial charge in [-0.15, -0.1) is 0 Å². The summed E-state index contributed by atoms with van der Waals surface area (Å²) in [7, 11) is 0. The van der Waals surface area contributed by atoms with Crippen LogP contribution in [0.2, 0.25) is 0 Å². The van der Waals surface area contributed by atoms with Gasteiger partial charge < -0.3 is 5.73 Å². The van der Waals surface area contributed by atoms with Gasteiger partial charge in [-0.3, -0.25) is 15.0 Å². The quantitative estimate of drug-likeness (QED) is 0.502. The molecule has 2 rings (SSSR count). The average Bonchev–Trinajstić information content (AvgIpc) is 2.42. The van der Waals surface area contributed by atoms with Gasteiger partial charge in [0, 0.05) is 0 Å². The summed E-state index contributed by atoms with van der Waals surface area (Å²) in [6.07, 6.45) is 0. The number of nitrogens with two attached hydrogens (primary N) is 1. The number of benzene rings is 1. The Labute approximate surface area is 66.2 Å². The van der Waals surface area contributed by atoms with Crippen molar-refractivity contribution in [3.63, 3.8) is 0 Å². The molecule has 0 bridgehead atoms. The highest BCUT2D eigenvalue weighted by molar-refractivity contribution is 5.88. The van der Waals surface area contributed by atoms with E-state index in [0.717, 1.165) is 0 Å². The number of aromatic nitrogens is 2. The van der Waals surface area contributed by atoms with E-state index in [2.05, 4.69) is 10.2 Å². The number of anilines is 1. The lowest BCUT2D eigenvalue weighted by atomic mass is 10.2. The van der Waals surface area contributed by atoms with E-state index in [1.54, 1.807) is 0 Å². The largest absolute Gasteiger partial charge is 0.397 e. The van der Waals surface area contributed by atoms with Crippen molar-refractivity contribution in [1.29, 1.82) is 0 Å². The minimum Gasteiger partial charge on any atom is -0.397 e. The third kappa shape index (κ3) is 0.730. The first-order valence-electron chi connectivity index (χ1n) is 3.34. The molecule has 0 radical (unpaired) electrons. The molecule has 0 saturated heterocycles. The van der Waals surface area contributed by atoms with E-state index in [1.807, 2.05) is 0 Å². The van der Waals surface area contributed by atoms with Crippen molar-refractivity contribution in [3.05, 3.63) is 28.3 Å². The Hall–Kier alpha value is -1.78. The minimum absolute atomic E-state index is 0.0185. The van der Waals surface area contributed by atoms with Crippen molar-refractivity contribution in [2.45, 2.75) is 0 Å². The number of fused-ring (bicyclic) bond motifs is 1. The molecule has 4 nitrogen and oxygen atoms in total. The van der Waals surface area contributed by atoms with Gasteiger partial charge in [0.05, 0.1) is 11.2 Å². The van der Waals surface area contributed by atoms with Gasteiger partial charge >= 0.3 is 0 Å². The van der Waals surface area contributed by atoms with E-state index < -0.39 is 11.4 Å². The number of halogens is 1. The van der Waals surface area contributed by atoms with Gasteiger partial charge in [0.25, 0.3) is 5.56 Å². The molecule has 1 heterocycles. The summed E-state index contributed by atoms with van der Waals surface area (Å²) in [6.45, 7) is 0. The summed E-state index contributed by atoms with van der Waals surface area (Å²) in [5.74, 6) is -0.568. The van der Waals surface area contributed by atoms with Crippen molar-refractivity contribution in [2.24, 2.45) is 0 Å². The summed E-state index contributed by atoms with van der Waals surface area (Å²) >= 11 is 0. The van der Waals surface area contributed by atoms with Crippen LogP contribution >= 0.6 is 0 Å². The highest BCUT2D eigenvalue weighted by Crippen LogP contribution is 2.17. The number of nitrogen functional groups attached to an aromatic ring is 1. The van der Waals surface area contributed by atoms with E-state index in [1.165, 1.54) is 12.1 Å². The Bertz CT molecular complexity index is 485.